The summed E-state index contributed by atoms with van der Waals surface area (Å²) in [6.45, 7) is 1.90. The van der Waals surface area contributed by atoms with Crippen molar-refractivity contribution in [1.82, 2.24) is 5.32 Å². The van der Waals surface area contributed by atoms with Gasteiger partial charge in [0.25, 0.3) is 5.91 Å². The van der Waals surface area contributed by atoms with E-state index in [0.717, 1.165) is 0 Å². The van der Waals surface area contributed by atoms with Crippen LogP contribution in [0, 0.1) is 0 Å². The fourth-order valence-corrected chi connectivity index (χ4v) is 1.20. The average molecular weight is 208 g/mol. The summed E-state index contributed by atoms with van der Waals surface area (Å²) in [5.74, 6) is -1.19. The summed E-state index contributed by atoms with van der Waals surface area (Å²) in [5.41, 5.74) is 0.336. The van der Waals surface area contributed by atoms with E-state index in [-0.39, 0.29) is 12.4 Å². The van der Waals surface area contributed by atoms with Gasteiger partial charge in [-0.15, -0.1) is 0 Å². The lowest BCUT2D eigenvalue weighted by atomic mass is 10.2. The number of carbonyl (C=O) groups excluding carboxylic acids is 2. The topological polar surface area (TPSA) is 92.5 Å². The number of azo groups is 1. The molecule has 0 bridgehead atoms. The van der Waals surface area contributed by atoms with Crippen molar-refractivity contribution < 1.29 is 14.3 Å². The lowest BCUT2D eigenvalue weighted by Crippen LogP contribution is -2.44. The highest BCUT2D eigenvalue weighted by atomic mass is 16.5. The average Bonchev–Trinajstić information content (AvgIpc) is 2.66. The molecule has 2 heterocycles. The Labute approximate surface area is 84.9 Å². The van der Waals surface area contributed by atoms with E-state index in [1.807, 2.05) is 0 Å². The number of carbonyl (C=O) groups is 2. The number of nitrogens with zero attached hydrogens (tertiary/aromatic N) is 3. The van der Waals surface area contributed by atoms with Crippen molar-refractivity contribution in [2.24, 2.45) is 15.2 Å². The Bertz CT molecular complexity index is 410. The molecule has 0 radical (unpaired) electrons. The van der Waals surface area contributed by atoms with E-state index in [0.29, 0.717) is 5.57 Å². The van der Waals surface area contributed by atoms with E-state index in [1.165, 1.54) is 6.20 Å². The lowest BCUT2D eigenvalue weighted by molar-refractivity contribution is -0.136. The first-order chi connectivity index (χ1) is 7.22. The number of rotatable bonds is 2. The van der Waals surface area contributed by atoms with Gasteiger partial charge in [-0.25, -0.2) is 9.79 Å². The zero-order valence-corrected chi connectivity index (χ0v) is 7.93. The molecule has 0 aliphatic carbocycles. The summed E-state index contributed by atoms with van der Waals surface area (Å²) in [7, 11) is 0. The molecular formula is C8H8N4O3. The summed E-state index contributed by atoms with van der Waals surface area (Å²) in [4.78, 5) is 26.6. The maximum atomic E-state index is 11.4. The second-order valence-electron chi connectivity index (χ2n) is 2.84. The van der Waals surface area contributed by atoms with E-state index >= 15 is 0 Å². The van der Waals surface area contributed by atoms with Crippen LogP contribution >= 0.6 is 0 Å². The molecule has 7 nitrogen and oxygen atoms in total. The van der Waals surface area contributed by atoms with E-state index in [1.54, 1.807) is 6.92 Å². The Morgan fingerprint density at radius 3 is 3.20 bits per heavy atom. The number of hydrogen-bond donors (Lipinski definition) is 1. The third-order valence-corrected chi connectivity index (χ3v) is 1.87. The summed E-state index contributed by atoms with van der Waals surface area (Å²) in [5, 5.41) is 9.56. The van der Waals surface area contributed by atoms with Crippen LogP contribution in [-0.2, 0) is 14.3 Å². The highest BCUT2D eigenvalue weighted by Crippen LogP contribution is 2.19. The third-order valence-electron chi connectivity index (χ3n) is 1.87. The third kappa shape index (κ3) is 1.63. The number of ether oxygens (including phenoxy) is 1. The summed E-state index contributed by atoms with van der Waals surface area (Å²) >= 11 is 0. The van der Waals surface area contributed by atoms with Gasteiger partial charge < -0.3 is 10.1 Å². The summed E-state index contributed by atoms with van der Waals surface area (Å²) < 4.78 is 4.70. The second kappa shape index (κ2) is 3.60. The molecule has 0 spiro atoms. The van der Waals surface area contributed by atoms with E-state index in [9.17, 15) is 9.59 Å². The van der Waals surface area contributed by atoms with Crippen molar-refractivity contribution in [1.29, 1.82) is 0 Å². The quantitative estimate of drug-likeness (QED) is 0.634. The molecule has 1 N–H and O–H groups in total. The highest BCUT2D eigenvalue weighted by Gasteiger charge is 2.32. The van der Waals surface area contributed by atoms with Crippen LogP contribution in [0.2, 0.25) is 0 Å². The van der Waals surface area contributed by atoms with Gasteiger partial charge in [-0.05, 0) is 6.92 Å². The van der Waals surface area contributed by atoms with Gasteiger partial charge in [0, 0.05) is 0 Å². The standard InChI is InChI=1S/C8H8N4O3/c1-2-15-8(14)6-10-5-4(3-9-12-5)7(13)11-6/h3,5H,2H2,1H3,(H,10,11,13). The molecule has 1 atom stereocenters. The maximum absolute atomic E-state index is 11.4. The number of hydrogen-bond acceptors (Lipinski definition) is 6. The van der Waals surface area contributed by atoms with Crippen molar-refractivity contribution in [2.45, 2.75) is 13.1 Å². The smallest absolute Gasteiger partial charge is 0.374 e. The predicted molar refractivity (Wildman–Crippen MR) is 48.9 cm³/mol. The Hall–Kier alpha value is -2.05. The van der Waals surface area contributed by atoms with Crippen LogP contribution in [0.1, 0.15) is 6.92 Å². The molecule has 0 aromatic carbocycles. The molecule has 2 aliphatic heterocycles. The number of amides is 1. The minimum Gasteiger partial charge on any atom is -0.460 e. The minimum atomic E-state index is -0.696. The van der Waals surface area contributed by atoms with E-state index in [4.69, 9.17) is 4.74 Å². The van der Waals surface area contributed by atoms with Crippen LogP contribution in [0.3, 0.4) is 0 Å². The molecule has 7 heteroatoms. The van der Waals surface area contributed by atoms with Crippen molar-refractivity contribution in [3.63, 3.8) is 0 Å². The van der Waals surface area contributed by atoms with Gasteiger partial charge in [-0.2, -0.15) is 10.2 Å². The molecule has 2 aliphatic rings. The molecule has 0 saturated carbocycles. The number of fused-ring (bicyclic) bond motifs is 1. The molecule has 15 heavy (non-hydrogen) atoms. The highest BCUT2D eigenvalue weighted by molar-refractivity contribution is 6.39. The first-order valence-electron chi connectivity index (χ1n) is 4.38. The zero-order chi connectivity index (χ0) is 10.8. The first-order valence-corrected chi connectivity index (χ1v) is 4.38. The predicted octanol–water partition coefficient (Wildman–Crippen LogP) is -0.246. The number of aliphatic imine (C=N–C) groups is 1. The van der Waals surface area contributed by atoms with E-state index in [2.05, 4.69) is 20.5 Å². The molecule has 1 unspecified atom stereocenters. The second-order valence-corrected chi connectivity index (χ2v) is 2.84. The van der Waals surface area contributed by atoms with Crippen molar-refractivity contribution in [3.8, 4) is 0 Å². The first kappa shape index (κ1) is 9.50. The van der Waals surface area contributed by atoms with Crippen LogP contribution in [-0.4, -0.2) is 30.5 Å². The summed E-state index contributed by atoms with van der Waals surface area (Å²) in [6.07, 6.45) is 0.629. The summed E-state index contributed by atoms with van der Waals surface area (Å²) in [6, 6.07) is 0. The van der Waals surface area contributed by atoms with Crippen LogP contribution in [0.4, 0.5) is 0 Å². The maximum Gasteiger partial charge on any atom is 0.374 e. The molecule has 0 aromatic heterocycles. The number of nitrogens with one attached hydrogen (secondary N) is 1. The molecule has 2 rings (SSSR count). The van der Waals surface area contributed by atoms with Gasteiger partial charge in [-0.3, -0.25) is 4.79 Å². The Morgan fingerprint density at radius 2 is 2.47 bits per heavy atom. The van der Waals surface area contributed by atoms with Crippen molar-refractivity contribution >= 4 is 17.7 Å². The molecule has 0 fully saturated rings. The molecule has 0 saturated heterocycles. The Morgan fingerprint density at radius 1 is 1.67 bits per heavy atom. The monoisotopic (exact) mass is 208 g/mol. The van der Waals surface area contributed by atoms with Crippen LogP contribution in [0.25, 0.3) is 0 Å². The van der Waals surface area contributed by atoms with Gasteiger partial charge in [0.2, 0.25) is 5.84 Å². The number of amidine groups is 1. The van der Waals surface area contributed by atoms with Crippen LogP contribution in [0.15, 0.2) is 27.0 Å². The van der Waals surface area contributed by atoms with Gasteiger partial charge in [0.05, 0.1) is 18.4 Å². The van der Waals surface area contributed by atoms with Gasteiger partial charge in [-0.1, -0.05) is 0 Å². The fraction of sp³-hybridized carbons (Fsp3) is 0.375. The normalized spacial score (nSPS) is 22.7. The fourth-order valence-electron chi connectivity index (χ4n) is 1.20. The largest absolute Gasteiger partial charge is 0.460 e. The van der Waals surface area contributed by atoms with Crippen molar-refractivity contribution in [3.05, 3.63) is 11.8 Å². The Balaban J connectivity index is 2.22. The molecule has 0 aromatic rings. The van der Waals surface area contributed by atoms with Crippen LogP contribution in [0.5, 0.6) is 0 Å². The number of esters is 1. The zero-order valence-electron chi connectivity index (χ0n) is 7.93. The molecule has 1 amide bonds. The van der Waals surface area contributed by atoms with Crippen LogP contribution < -0.4 is 5.32 Å². The lowest BCUT2D eigenvalue weighted by Gasteiger charge is -2.16. The van der Waals surface area contributed by atoms with Crippen molar-refractivity contribution in [2.75, 3.05) is 6.61 Å². The SMILES string of the molecule is CCOC(=O)C1=NC2N=NC=C2C(=O)N1. The Kier molecular flexibility index (Phi) is 2.28. The van der Waals surface area contributed by atoms with E-state index < -0.39 is 18.0 Å². The molecular weight excluding hydrogens is 200 g/mol. The van der Waals surface area contributed by atoms with Gasteiger partial charge in [0.15, 0.2) is 6.17 Å². The molecule has 78 valence electrons. The van der Waals surface area contributed by atoms with Gasteiger partial charge >= 0.3 is 5.97 Å². The minimum absolute atomic E-state index is 0.121. The van der Waals surface area contributed by atoms with Gasteiger partial charge in [0.1, 0.15) is 0 Å².